The highest BCUT2D eigenvalue weighted by atomic mass is 28.4. The Morgan fingerprint density at radius 2 is 1.43 bits per heavy atom. The van der Waals surface area contributed by atoms with Gasteiger partial charge in [0.05, 0.1) is 0 Å². The van der Waals surface area contributed by atoms with Gasteiger partial charge in [0.2, 0.25) is 8.32 Å². The number of benzene rings is 2. The van der Waals surface area contributed by atoms with Gasteiger partial charge in [-0.05, 0) is 37.7 Å². The molecule has 0 fully saturated rings. The van der Waals surface area contributed by atoms with Crippen LogP contribution in [0.15, 0.2) is 54.6 Å². The third-order valence-electron chi connectivity index (χ3n) is 5.33. The summed E-state index contributed by atoms with van der Waals surface area (Å²) in [7, 11) is -3.53. The largest absolute Gasteiger partial charge is 0.410 e. The Bertz CT molecular complexity index is 670. The van der Waals surface area contributed by atoms with Gasteiger partial charge in [0, 0.05) is 6.10 Å². The Hall–Kier alpha value is -1.17. The molecule has 2 aromatic carbocycles. The molecule has 0 saturated heterocycles. The van der Waals surface area contributed by atoms with Crippen LogP contribution in [0.3, 0.4) is 0 Å². The zero-order valence-corrected chi connectivity index (χ0v) is 16.8. The lowest BCUT2D eigenvalue weighted by Gasteiger charge is -2.33. The van der Waals surface area contributed by atoms with Crippen molar-refractivity contribution in [1.82, 2.24) is 0 Å². The van der Waals surface area contributed by atoms with Crippen molar-refractivity contribution in [3.05, 3.63) is 54.6 Å². The van der Waals surface area contributed by atoms with Gasteiger partial charge < -0.3 is 4.43 Å². The van der Waals surface area contributed by atoms with Crippen molar-refractivity contribution < 1.29 is 4.43 Å². The predicted molar refractivity (Wildman–Crippen MR) is 105 cm³/mol. The number of fused-ring (bicyclic) bond motifs is 1. The van der Waals surface area contributed by atoms with Crippen LogP contribution in [-0.2, 0) is 4.43 Å². The molecule has 1 aliphatic heterocycles. The van der Waals surface area contributed by atoms with E-state index in [1.807, 2.05) is 0 Å². The van der Waals surface area contributed by atoms with Crippen molar-refractivity contribution in [2.24, 2.45) is 0 Å². The topological polar surface area (TPSA) is 9.23 Å². The van der Waals surface area contributed by atoms with E-state index in [4.69, 9.17) is 4.43 Å². The molecule has 122 valence electrons. The molecule has 3 rings (SSSR count). The molecule has 0 bridgehead atoms. The SMILES string of the molecule is CC(C)O[Si@]1(C)CCC[Si@](C)(c2ccccc2)c2ccccc21. The van der Waals surface area contributed by atoms with Crippen molar-refractivity contribution in [3.63, 3.8) is 0 Å². The van der Waals surface area contributed by atoms with Gasteiger partial charge in [-0.3, -0.25) is 0 Å². The standard InChI is InChI=1S/C20H28OSi2/c1-17(2)21-23(4)16-10-15-22(3,18-11-6-5-7-12-18)19-13-8-9-14-20(19)23/h5-9,11-14,17H,10,15-16H2,1-4H3/t22-,23-/m1/s1. The lowest BCUT2D eigenvalue weighted by atomic mass is 10.4. The van der Waals surface area contributed by atoms with Crippen LogP contribution in [0.4, 0.5) is 0 Å². The molecule has 0 spiro atoms. The van der Waals surface area contributed by atoms with E-state index in [0.29, 0.717) is 6.10 Å². The maximum atomic E-state index is 6.58. The molecule has 1 aliphatic rings. The molecule has 1 nitrogen and oxygen atoms in total. The first kappa shape index (κ1) is 16.7. The fourth-order valence-corrected chi connectivity index (χ4v) is 13.5. The van der Waals surface area contributed by atoms with Crippen LogP contribution in [0.1, 0.15) is 20.3 Å². The highest BCUT2D eigenvalue weighted by Gasteiger charge is 2.44. The quantitative estimate of drug-likeness (QED) is 0.777. The molecule has 0 N–H and O–H groups in total. The normalized spacial score (nSPS) is 27.5. The molecule has 2 atom stereocenters. The summed E-state index contributed by atoms with van der Waals surface area (Å²) in [6.45, 7) is 9.34. The molecule has 0 amide bonds. The Kier molecular flexibility index (Phi) is 4.63. The van der Waals surface area contributed by atoms with Crippen molar-refractivity contribution in [3.8, 4) is 0 Å². The van der Waals surface area contributed by atoms with E-state index in [0.717, 1.165) is 0 Å². The van der Waals surface area contributed by atoms with Crippen molar-refractivity contribution in [1.29, 1.82) is 0 Å². The van der Waals surface area contributed by atoms with Crippen LogP contribution in [-0.4, -0.2) is 22.5 Å². The van der Waals surface area contributed by atoms with E-state index >= 15 is 0 Å². The number of rotatable bonds is 3. The Morgan fingerprint density at radius 3 is 2.09 bits per heavy atom. The van der Waals surface area contributed by atoms with Gasteiger partial charge in [0.1, 0.15) is 8.07 Å². The molecule has 3 heteroatoms. The van der Waals surface area contributed by atoms with E-state index in [1.165, 1.54) is 18.5 Å². The van der Waals surface area contributed by atoms with Crippen LogP contribution in [0, 0.1) is 0 Å². The third-order valence-corrected chi connectivity index (χ3v) is 14.0. The maximum absolute atomic E-state index is 6.58. The van der Waals surface area contributed by atoms with Crippen molar-refractivity contribution in [2.75, 3.05) is 0 Å². The third kappa shape index (κ3) is 3.10. The molecule has 0 radical (unpaired) electrons. The number of hydrogen-bond donors (Lipinski definition) is 0. The van der Waals surface area contributed by atoms with Crippen LogP contribution >= 0.6 is 0 Å². The summed E-state index contributed by atoms with van der Waals surface area (Å²) >= 11 is 0. The van der Waals surface area contributed by atoms with E-state index in [9.17, 15) is 0 Å². The Balaban J connectivity index is 2.16. The van der Waals surface area contributed by atoms with Crippen molar-refractivity contribution in [2.45, 2.75) is 51.6 Å². The molecule has 1 heterocycles. The first-order valence-corrected chi connectivity index (χ1v) is 14.1. The minimum atomic E-state index is -1.86. The minimum Gasteiger partial charge on any atom is -0.410 e. The van der Waals surface area contributed by atoms with Crippen LogP contribution in [0.5, 0.6) is 0 Å². The molecule has 0 aliphatic carbocycles. The van der Waals surface area contributed by atoms with Crippen LogP contribution in [0.25, 0.3) is 0 Å². The highest BCUT2D eigenvalue weighted by molar-refractivity contribution is 7.06. The predicted octanol–water partition coefficient (Wildman–Crippen LogP) is 3.49. The smallest absolute Gasteiger partial charge is 0.221 e. The highest BCUT2D eigenvalue weighted by Crippen LogP contribution is 2.26. The minimum absolute atomic E-state index is 0.308. The van der Waals surface area contributed by atoms with Crippen LogP contribution in [0.2, 0.25) is 25.2 Å². The van der Waals surface area contributed by atoms with E-state index in [1.54, 1.807) is 15.6 Å². The lowest BCUT2D eigenvalue weighted by molar-refractivity contribution is 0.235. The summed E-state index contributed by atoms with van der Waals surface area (Å²) in [5.74, 6) is 0. The average Bonchev–Trinajstić information content (AvgIpc) is 2.65. The maximum Gasteiger partial charge on any atom is 0.221 e. The molecular formula is C20H28OSi2. The summed E-state index contributed by atoms with van der Waals surface area (Å²) in [4.78, 5) is 0. The van der Waals surface area contributed by atoms with Crippen LogP contribution < -0.4 is 15.6 Å². The summed E-state index contributed by atoms with van der Waals surface area (Å²) in [6, 6.07) is 23.0. The molecule has 0 aromatic heterocycles. The summed E-state index contributed by atoms with van der Waals surface area (Å²) in [6.07, 6.45) is 1.60. The summed E-state index contributed by atoms with van der Waals surface area (Å²) in [5, 5.41) is 4.75. The van der Waals surface area contributed by atoms with Gasteiger partial charge in [-0.15, -0.1) is 0 Å². The van der Waals surface area contributed by atoms with E-state index in [2.05, 4.69) is 81.5 Å². The Labute approximate surface area is 142 Å². The van der Waals surface area contributed by atoms with Gasteiger partial charge in [-0.1, -0.05) is 77.9 Å². The zero-order valence-electron chi connectivity index (χ0n) is 14.8. The van der Waals surface area contributed by atoms with Gasteiger partial charge in [0.15, 0.2) is 0 Å². The fourth-order valence-electron chi connectivity index (χ4n) is 4.22. The Morgan fingerprint density at radius 1 is 0.826 bits per heavy atom. The molecular weight excluding hydrogens is 312 g/mol. The average molecular weight is 341 g/mol. The van der Waals surface area contributed by atoms with Gasteiger partial charge in [-0.2, -0.15) is 0 Å². The van der Waals surface area contributed by atoms with Crippen molar-refractivity contribution >= 4 is 32.0 Å². The van der Waals surface area contributed by atoms with Gasteiger partial charge in [-0.25, -0.2) is 0 Å². The monoisotopic (exact) mass is 340 g/mol. The second-order valence-electron chi connectivity index (χ2n) is 7.49. The van der Waals surface area contributed by atoms with E-state index in [-0.39, 0.29) is 0 Å². The zero-order chi connectivity index (χ0) is 16.5. The number of hydrogen-bond acceptors (Lipinski definition) is 1. The summed E-state index contributed by atoms with van der Waals surface area (Å²) < 4.78 is 6.58. The summed E-state index contributed by atoms with van der Waals surface area (Å²) in [5.41, 5.74) is 0. The second kappa shape index (κ2) is 6.38. The second-order valence-corrected chi connectivity index (χ2v) is 15.5. The first-order chi connectivity index (χ1) is 11.0. The molecule has 23 heavy (non-hydrogen) atoms. The molecule has 2 aromatic rings. The molecule has 0 saturated carbocycles. The van der Waals surface area contributed by atoms with E-state index < -0.39 is 16.4 Å². The first-order valence-electron chi connectivity index (χ1n) is 8.79. The lowest BCUT2D eigenvalue weighted by Crippen LogP contribution is -2.64. The molecule has 0 unspecified atom stereocenters. The van der Waals surface area contributed by atoms with Gasteiger partial charge in [0.25, 0.3) is 0 Å². The fraction of sp³-hybridized carbons (Fsp3) is 0.400. The van der Waals surface area contributed by atoms with Gasteiger partial charge >= 0.3 is 0 Å².